The molecule has 0 radical (unpaired) electrons. The summed E-state index contributed by atoms with van der Waals surface area (Å²) in [5, 5.41) is 6.73. The minimum atomic E-state index is -0.249. The molecule has 0 fully saturated rings. The zero-order valence-corrected chi connectivity index (χ0v) is 13.2. The van der Waals surface area contributed by atoms with Crippen LogP contribution in [0.5, 0.6) is 0 Å². The van der Waals surface area contributed by atoms with Crippen LogP contribution in [0.15, 0.2) is 42.5 Å². The molecule has 2 aromatic carbocycles. The second kappa shape index (κ2) is 6.68. The maximum Gasteiger partial charge on any atom is 0.175 e. The third-order valence-corrected chi connectivity index (χ3v) is 3.45. The van der Waals surface area contributed by atoms with Crippen LogP contribution in [0.1, 0.15) is 30.9 Å². The van der Waals surface area contributed by atoms with E-state index < -0.39 is 0 Å². The van der Waals surface area contributed by atoms with Crippen molar-refractivity contribution in [2.24, 2.45) is 0 Å². The molecule has 2 nitrogen and oxygen atoms in total. The van der Waals surface area contributed by atoms with E-state index in [1.807, 2.05) is 19.1 Å². The highest BCUT2D eigenvalue weighted by atomic mass is 32.1. The molecule has 2 N–H and O–H groups in total. The van der Waals surface area contributed by atoms with Crippen LogP contribution < -0.4 is 10.6 Å². The first-order chi connectivity index (χ1) is 9.95. The van der Waals surface area contributed by atoms with E-state index in [0.29, 0.717) is 11.0 Å². The number of hydrogen-bond acceptors (Lipinski definition) is 1. The van der Waals surface area contributed by atoms with Gasteiger partial charge in [0, 0.05) is 11.4 Å². The van der Waals surface area contributed by atoms with Gasteiger partial charge in [0.15, 0.2) is 5.11 Å². The van der Waals surface area contributed by atoms with Gasteiger partial charge in [-0.2, -0.15) is 0 Å². The molecule has 0 aromatic heterocycles. The van der Waals surface area contributed by atoms with Gasteiger partial charge in [0.25, 0.3) is 0 Å². The first-order valence-corrected chi connectivity index (χ1v) is 7.30. The van der Waals surface area contributed by atoms with E-state index in [1.165, 1.54) is 17.7 Å². The summed E-state index contributed by atoms with van der Waals surface area (Å²) in [6, 6.07) is 12.7. The van der Waals surface area contributed by atoms with Crippen LogP contribution in [0.3, 0.4) is 0 Å². The van der Waals surface area contributed by atoms with Crippen molar-refractivity contribution in [3.05, 3.63) is 59.4 Å². The van der Waals surface area contributed by atoms with Crippen LogP contribution in [0, 0.1) is 12.7 Å². The van der Waals surface area contributed by atoms with Crippen LogP contribution in [0.25, 0.3) is 0 Å². The van der Waals surface area contributed by atoms with Gasteiger partial charge in [-0.25, -0.2) is 4.39 Å². The molecule has 0 saturated heterocycles. The minimum absolute atomic E-state index is 0.249. The fourth-order valence-corrected chi connectivity index (χ4v) is 2.26. The van der Waals surface area contributed by atoms with Gasteiger partial charge in [0.2, 0.25) is 0 Å². The van der Waals surface area contributed by atoms with Gasteiger partial charge in [-0.15, -0.1) is 0 Å². The van der Waals surface area contributed by atoms with E-state index >= 15 is 0 Å². The van der Waals surface area contributed by atoms with Crippen molar-refractivity contribution in [3.63, 3.8) is 0 Å². The second-order valence-corrected chi connectivity index (χ2v) is 5.73. The summed E-state index contributed by atoms with van der Waals surface area (Å²) < 4.78 is 13.1. The van der Waals surface area contributed by atoms with Crippen LogP contribution in [-0.2, 0) is 0 Å². The van der Waals surface area contributed by atoms with Crippen molar-refractivity contribution >= 4 is 28.7 Å². The van der Waals surface area contributed by atoms with E-state index in [0.717, 1.165) is 16.9 Å². The molecule has 0 heterocycles. The Hall–Kier alpha value is -1.94. The lowest BCUT2D eigenvalue weighted by atomic mass is 10.0. The van der Waals surface area contributed by atoms with E-state index in [-0.39, 0.29) is 5.82 Å². The molecule has 0 bridgehead atoms. The molecule has 4 heteroatoms. The van der Waals surface area contributed by atoms with Crippen LogP contribution in [0.2, 0.25) is 0 Å². The number of halogens is 1. The van der Waals surface area contributed by atoms with Crippen molar-refractivity contribution in [3.8, 4) is 0 Å². The molecule has 0 atom stereocenters. The SMILES string of the molecule is Cc1cc(F)ccc1NC(=S)Nc1cccc(C(C)C)c1. The standard InChI is InChI=1S/C17H19FN2S/c1-11(2)13-5-4-6-15(10-13)19-17(21)20-16-8-7-14(18)9-12(16)3/h4-11H,1-3H3,(H2,19,20,21). The van der Waals surface area contributed by atoms with Crippen molar-refractivity contribution < 1.29 is 4.39 Å². The quantitative estimate of drug-likeness (QED) is 0.774. The number of aryl methyl sites for hydroxylation is 1. The molecule has 0 unspecified atom stereocenters. The highest BCUT2D eigenvalue weighted by Crippen LogP contribution is 2.20. The average molecular weight is 302 g/mol. The summed E-state index contributed by atoms with van der Waals surface area (Å²) in [6.45, 7) is 6.14. The molecule has 0 saturated carbocycles. The third-order valence-electron chi connectivity index (χ3n) is 3.25. The molecule has 21 heavy (non-hydrogen) atoms. The summed E-state index contributed by atoms with van der Waals surface area (Å²) in [7, 11) is 0. The molecule has 0 aliphatic carbocycles. The zero-order valence-electron chi connectivity index (χ0n) is 12.4. The van der Waals surface area contributed by atoms with Crippen LogP contribution >= 0.6 is 12.2 Å². The number of hydrogen-bond donors (Lipinski definition) is 2. The summed E-state index contributed by atoms with van der Waals surface area (Å²) in [5.41, 5.74) is 3.81. The third kappa shape index (κ3) is 4.26. The van der Waals surface area contributed by atoms with Crippen LogP contribution in [0.4, 0.5) is 15.8 Å². The molecule has 0 aliphatic rings. The van der Waals surface area contributed by atoms with E-state index in [4.69, 9.17) is 12.2 Å². The van der Waals surface area contributed by atoms with Gasteiger partial charge in [0.1, 0.15) is 5.82 Å². The maximum atomic E-state index is 13.1. The average Bonchev–Trinajstić information content (AvgIpc) is 2.42. The Bertz CT molecular complexity index is 653. The first-order valence-electron chi connectivity index (χ1n) is 6.90. The fraction of sp³-hybridized carbons (Fsp3) is 0.235. The molecule has 0 amide bonds. The number of thiocarbonyl (C=S) groups is 1. The lowest BCUT2D eigenvalue weighted by Gasteiger charge is -2.14. The van der Waals surface area contributed by atoms with Gasteiger partial charge < -0.3 is 10.6 Å². The zero-order chi connectivity index (χ0) is 15.4. The van der Waals surface area contributed by atoms with Gasteiger partial charge in [0.05, 0.1) is 0 Å². The lowest BCUT2D eigenvalue weighted by Crippen LogP contribution is -2.19. The Kier molecular flexibility index (Phi) is 4.91. The lowest BCUT2D eigenvalue weighted by molar-refractivity contribution is 0.627. The summed E-state index contributed by atoms with van der Waals surface area (Å²) in [6.07, 6.45) is 0. The van der Waals surface area contributed by atoms with E-state index in [1.54, 1.807) is 6.07 Å². The Morgan fingerprint density at radius 3 is 2.52 bits per heavy atom. The monoisotopic (exact) mass is 302 g/mol. The summed E-state index contributed by atoms with van der Waals surface area (Å²) in [5.74, 6) is 0.217. The number of rotatable bonds is 3. The molecule has 0 spiro atoms. The van der Waals surface area contributed by atoms with Crippen molar-refractivity contribution in [1.29, 1.82) is 0 Å². The second-order valence-electron chi connectivity index (χ2n) is 5.32. The normalized spacial score (nSPS) is 10.5. The number of benzene rings is 2. The van der Waals surface area contributed by atoms with Crippen molar-refractivity contribution in [2.75, 3.05) is 10.6 Å². The number of anilines is 2. The Labute approximate surface area is 130 Å². The van der Waals surface area contributed by atoms with Crippen LogP contribution in [-0.4, -0.2) is 5.11 Å². The van der Waals surface area contributed by atoms with E-state index in [2.05, 4.69) is 36.6 Å². The molecule has 110 valence electrons. The Balaban J connectivity index is 2.06. The summed E-state index contributed by atoms with van der Waals surface area (Å²) in [4.78, 5) is 0. The maximum absolute atomic E-state index is 13.1. The van der Waals surface area contributed by atoms with Gasteiger partial charge >= 0.3 is 0 Å². The first kappa shape index (κ1) is 15.4. The Morgan fingerprint density at radius 2 is 1.86 bits per heavy atom. The Morgan fingerprint density at radius 1 is 1.10 bits per heavy atom. The molecule has 2 aromatic rings. The van der Waals surface area contributed by atoms with E-state index in [9.17, 15) is 4.39 Å². The van der Waals surface area contributed by atoms with Crippen molar-refractivity contribution in [1.82, 2.24) is 0 Å². The molecule has 0 aliphatic heterocycles. The smallest absolute Gasteiger partial charge is 0.175 e. The van der Waals surface area contributed by atoms with Gasteiger partial charge in [-0.3, -0.25) is 0 Å². The highest BCUT2D eigenvalue weighted by molar-refractivity contribution is 7.80. The molecular formula is C17H19FN2S. The summed E-state index contributed by atoms with van der Waals surface area (Å²) >= 11 is 5.30. The minimum Gasteiger partial charge on any atom is -0.332 e. The van der Waals surface area contributed by atoms with Crippen molar-refractivity contribution in [2.45, 2.75) is 26.7 Å². The predicted molar refractivity (Wildman–Crippen MR) is 91.5 cm³/mol. The topological polar surface area (TPSA) is 24.1 Å². The van der Waals surface area contributed by atoms with Gasteiger partial charge in [-0.05, 0) is 66.5 Å². The highest BCUT2D eigenvalue weighted by Gasteiger charge is 2.04. The largest absolute Gasteiger partial charge is 0.332 e. The molecule has 2 rings (SSSR count). The van der Waals surface area contributed by atoms with Gasteiger partial charge in [-0.1, -0.05) is 26.0 Å². The number of nitrogens with one attached hydrogen (secondary N) is 2. The molecular weight excluding hydrogens is 283 g/mol. The fourth-order valence-electron chi connectivity index (χ4n) is 2.03. The predicted octanol–water partition coefficient (Wildman–Crippen LogP) is 5.07.